The minimum absolute atomic E-state index is 0.939. The molecule has 0 aliphatic heterocycles. The van der Waals surface area contributed by atoms with Gasteiger partial charge in [0.25, 0.3) is 0 Å². The highest BCUT2D eigenvalue weighted by atomic mass is 14.1. The molecule has 0 rings (SSSR count). The van der Waals surface area contributed by atoms with Gasteiger partial charge in [0.05, 0.1) is 0 Å². The molecule has 0 heterocycles. The van der Waals surface area contributed by atoms with Crippen LogP contribution < -0.4 is 0 Å². The van der Waals surface area contributed by atoms with Gasteiger partial charge in [0.1, 0.15) is 0 Å². The average molecular weight is 267 g/mol. The minimum Gasteiger partial charge on any atom is -0.0625 e. The molecule has 0 nitrogen and oxygen atoms in total. The highest BCUT2D eigenvalue weighted by molar-refractivity contribution is 4.56. The van der Waals surface area contributed by atoms with Crippen LogP contribution in [0.2, 0.25) is 0 Å². The van der Waals surface area contributed by atoms with Crippen LogP contribution in [0.4, 0.5) is 0 Å². The van der Waals surface area contributed by atoms with E-state index in [4.69, 9.17) is 0 Å². The summed E-state index contributed by atoms with van der Waals surface area (Å²) in [4.78, 5) is 0. The van der Waals surface area contributed by atoms with Crippen molar-refractivity contribution in [1.29, 1.82) is 0 Å². The molecule has 0 aliphatic carbocycles. The van der Waals surface area contributed by atoms with Crippen LogP contribution in [0.15, 0.2) is 0 Å². The van der Waals surface area contributed by atoms with Gasteiger partial charge in [0.15, 0.2) is 0 Å². The lowest BCUT2D eigenvalue weighted by atomic mass is 9.96. The molecule has 0 aromatic heterocycles. The Bertz CT molecular complexity index is 150. The Labute approximate surface area is 123 Å². The Balaban J connectivity index is 3.05. The van der Waals surface area contributed by atoms with Gasteiger partial charge < -0.3 is 0 Å². The summed E-state index contributed by atoms with van der Waals surface area (Å²) in [5, 5.41) is 0. The Kier molecular flexibility index (Phi) is 16.1. The molecule has 1 unspecified atom stereocenters. The first-order valence-electron chi connectivity index (χ1n) is 8.89. The van der Waals surface area contributed by atoms with E-state index in [9.17, 15) is 0 Å². The highest BCUT2D eigenvalue weighted by Gasteiger charge is 2.01. The molecule has 2 radical (unpaired) electrons. The van der Waals surface area contributed by atoms with Crippen LogP contribution in [0.25, 0.3) is 0 Å². The smallest absolute Gasteiger partial charge is 0.0443 e. The Morgan fingerprint density at radius 3 is 1.32 bits per heavy atom. The summed E-state index contributed by atoms with van der Waals surface area (Å²) in [5.41, 5.74) is 0. The topological polar surface area (TPSA) is 0 Å². The molecular formula is C19H38. The lowest BCUT2D eigenvalue weighted by molar-refractivity contribution is 0.437. The molecule has 0 N–H and O–H groups in total. The lowest BCUT2D eigenvalue weighted by Crippen LogP contribution is -1.94. The first-order chi connectivity index (χ1) is 9.31. The van der Waals surface area contributed by atoms with Crippen LogP contribution in [0.5, 0.6) is 0 Å². The number of hydrogen-bond donors (Lipinski definition) is 0. The van der Waals surface area contributed by atoms with E-state index in [0.717, 1.165) is 18.8 Å². The Morgan fingerprint density at radius 2 is 0.842 bits per heavy atom. The fraction of sp³-hybridized carbons (Fsp3) is 0.895. The lowest BCUT2D eigenvalue weighted by Gasteiger charge is -2.10. The van der Waals surface area contributed by atoms with Crippen molar-refractivity contribution in [2.24, 2.45) is 5.92 Å². The van der Waals surface area contributed by atoms with E-state index in [1.54, 1.807) is 0 Å². The molecule has 0 heteroatoms. The van der Waals surface area contributed by atoms with Gasteiger partial charge in [-0.05, 0) is 5.92 Å². The Hall–Kier alpha value is 0. The summed E-state index contributed by atoms with van der Waals surface area (Å²) in [6.45, 7) is 10.2. The molecule has 0 saturated carbocycles. The molecule has 0 spiro atoms. The van der Waals surface area contributed by atoms with E-state index in [1.165, 1.54) is 83.5 Å². The summed E-state index contributed by atoms with van der Waals surface area (Å²) in [5.74, 6) is 0.939. The average Bonchev–Trinajstić information content (AvgIpc) is 2.41. The second-order valence-corrected chi connectivity index (χ2v) is 6.28. The SMILES string of the molecule is [CH2]CCCCCCCCCCCC(C)CCCC[CH2]. The van der Waals surface area contributed by atoms with Gasteiger partial charge in [-0.25, -0.2) is 0 Å². The Morgan fingerprint density at radius 1 is 0.526 bits per heavy atom. The summed E-state index contributed by atoms with van der Waals surface area (Å²) in [6.07, 6.45) is 20.7. The standard InChI is InChI=1S/C19H38/c1-4-6-8-9-10-11-12-13-14-16-18-19(3)17-15-7-5-2/h19H,1-2,4-18H2,3H3. The molecule has 0 amide bonds. The van der Waals surface area contributed by atoms with Crippen molar-refractivity contribution in [2.75, 3.05) is 0 Å². The second kappa shape index (κ2) is 16.1. The molecule has 0 fully saturated rings. The highest BCUT2D eigenvalue weighted by Crippen LogP contribution is 2.17. The van der Waals surface area contributed by atoms with Crippen molar-refractivity contribution < 1.29 is 0 Å². The zero-order chi connectivity index (χ0) is 14.2. The summed E-state index contributed by atoms with van der Waals surface area (Å²) in [6, 6.07) is 0. The van der Waals surface area contributed by atoms with Gasteiger partial charge in [-0.3, -0.25) is 0 Å². The summed E-state index contributed by atoms with van der Waals surface area (Å²) < 4.78 is 0. The first kappa shape index (κ1) is 19.0. The first-order valence-corrected chi connectivity index (χ1v) is 8.89. The second-order valence-electron chi connectivity index (χ2n) is 6.28. The van der Waals surface area contributed by atoms with Crippen LogP contribution in [-0.2, 0) is 0 Å². The third-order valence-corrected chi connectivity index (χ3v) is 4.14. The molecule has 0 bridgehead atoms. The molecule has 1 atom stereocenters. The number of unbranched alkanes of at least 4 members (excludes halogenated alkanes) is 11. The fourth-order valence-electron chi connectivity index (χ4n) is 2.72. The van der Waals surface area contributed by atoms with Gasteiger partial charge in [-0.1, -0.05) is 117 Å². The zero-order valence-electron chi connectivity index (χ0n) is 13.6. The maximum atomic E-state index is 3.91. The van der Waals surface area contributed by atoms with E-state index < -0.39 is 0 Å². The van der Waals surface area contributed by atoms with E-state index in [0.29, 0.717) is 0 Å². The van der Waals surface area contributed by atoms with Gasteiger partial charge in [0.2, 0.25) is 0 Å². The van der Waals surface area contributed by atoms with Gasteiger partial charge in [-0.2, -0.15) is 0 Å². The zero-order valence-corrected chi connectivity index (χ0v) is 13.6. The normalized spacial score (nSPS) is 12.8. The fourth-order valence-corrected chi connectivity index (χ4v) is 2.72. The minimum atomic E-state index is 0.939. The van der Waals surface area contributed by atoms with Crippen LogP contribution in [-0.4, -0.2) is 0 Å². The van der Waals surface area contributed by atoms with Gasteiger partial charge in [0, 0.05) is 0 Å². The van der Waals surface area contributed by atoms with E-state index >= 15 is 0 Å². The van der Waals surface area contributed by atoms with Crippen molar-refractivity contribution in [3.8, 4) is 0 Å². The molecule has 0 aromatic carbocycles. The maximum Gasteiger partial charge on any atom is -0.0443 e. The van der Waals surface area contributed by atoms with Gasteiger partial charge >= 0.3 is 0 Å². The summed E-state index contributed by atoms with van der Waals surface area (Å²) in [7, 11) is 0. The van der Waals surface area contributed by atoms with Crippen LogP contribution in [0, 0.1) is 19.8 Å². The predicted octanol–water partition coefficient (Wildman–Crippen LogP) is 7.14. The molecule has 0 aliphatic rings. The van der Waals surface area contributed by atoms with Crippen molar-refractivity contribution in [3.63, 3.8) is 0 Å². The van der Waals surface area contributed by atoms with Crippen molar-refractivity contribution in [3.05, 3.63) is 13.8 Å². The van der Waals surface area contributed by atoms with Crippen LogP contribution >= 0.6 is 0 Å². The monoisotopic (exact) mass is 266 g/mol. The van der Waals surface area contributed by atoms with Crippen molar-refractivity contribution in [2.45, 2.75) is 103 Å². The third kappa shape index (κ3) is 15.9. The predicted molar refractivity (Wildman–Crippen MR) is 89.1 cm³/mol. The van der Waals surface area contributed by atoms with Gasteiger partial charge in [-0.15, -0.1) is 0 Å². The quantitative estimate of drug-likeness (QED) is 0.276. The molecule has 0 aromatic rings. The summed E-state index contributed by atoms with van der Waals surface area (Å²) >= 11 is 0. The third-order valence-electron chi connectivity index (χ3n) is 4.14. The molecule has 0 saturated heterocycles. The van der Waals surface area contributed by atoms with Crippen LogP contribution in [0.1, 0.15) is 103 Å². The van der Waals surface area contributed by atoms with Crippen LogP contribution in [0.3, 0.4) is 0 Å². The number of hydrogen-bond acceptors (Lipinski definition) is 0. The van der Waals surface area contributed by atoms with E-state index in [2.05, 4.69) is 20.8 Å². The van der Waals surface area contributed by atoms with Crippen molar-refractivity contribution >= 4 is 0 Å². The van der Waals surface area contributed by atoms with Crippen molar-refractivity contribution in [1.82, 2.24) is 0 Å². The van der Waals surface area contributed by atoms with E-state index in [1.807, 2.05) is 0 Å². The molecule has 114 valence electrons. The maximum absolute atomic E-state index is 3.91. The largest absolute Gasteiger partial charge is 0.0625 e. The van der Waals surface area contributed by atoms with E-state index in [-0.39, 0.29) is 0 Å². The molecular weight excluding hydrogens is 228 g/mol. The molecule has 19 heavy (non-hydrogen) atoms. The number of rotatable bonds is 15.